The summed E-state index contributed by atoms with van der Waals surface area (Å²) in [6, 6.07) is 5.59. The van der Waals surface area contributed by atoms with E-state index in [0.29, 0.717) is 54.6 Å². The SMILES string of the molecule is C#Cc1c(F)ccc2cc(O)cc(-c3ncc4c(N(C)C5C6COCC65)nc(OC[C@@]56CCCN5C[C@H](F)C6)nc4c3F)c12. The number of halogens is 3. The molecule has 0 spiro atoms. The number of hydrogen-bond acceptors (Lipinski definition) is 8. The highest BCUT2D eigenvalue weighted by Gasteiger charge is 2.57. The zero-order valence-electron chi connectivity index (χ0n) is 24.1. The smallest absolute Gasteiger partial charge is 0.319 e. The van der Waals surface area contributed by atoms with Crippen LogP contribution in [0, 0.1) is 35.8 Å². The maximum Gasteiger partial charge on any atom is 0.319 e. The van der Waals surface area contributed by atoms with Crippen LogP contribution in [0.4, 0.5) is 19.0 Å². The second-order valence-corrected chi connectivity index (χ2v) is 12.5. The normalized spacial score (nSPS) is 27.4. The molecule has 0 amide bonds. The van der Waals surface area contributed by atoms with Crippen molar-refractivity contribution < 1.29 is 27.8 Å². The van der Waals surface area contributed by atoms with E-state index in [0.717, 1.165) is 19.4 Å². The number of terminal acetylenes is 1. The summed E-state index contributed by atoms with van der Waals surface area (Å²) in [4.78, 5) is 17.9. The number of ether oxygens (including phenoxy) is 2. The van der Waals surface area contributed by atoms with E-state index in [4.69, 9.17) is 20.9 Å². The molecule has 2 aromatic carbocycles. The Balaban J connectivity index is 1.27. The number of aromatic nitrogens is 3. The van der Waals surface area contributed by atoms with Gasteiger partial charge in [-0.2, -0.15) is 9.97 Å². The molecule has 3 aliphatic heterocycles. The fourth-order valence-electron chi connectivity index (χ4n) is 7.87. The average Bonchev–Trinajstić information content (AvgIpc) is 3.29. The third-order valence-electron chi connectivity index (χ3n) is 10.0. The lowest BCUT2D eigenvalue weighted by Gasteiger charge is -2.31. The molecule has 4 aromatic rings. The van der Waals surface area contributed by atoms with Crippen molar-refractivity contribution in [3.8, 4) is 35.4 Å². The number of benzene rings is 2. The highest BCUT2D eigenvalue weighted by Crippen LogP contribution is 2.49. The van der Waals surface area contributed by atoms with Crippen molar-refractivity contribution in [3.63, 3.8) is 0 Å². The number of anilines is 1. The number of nitrogens with zero attached hydrogens (tertiary/aromatic N) is 5. The Labute approximate surface area is 251 Å². The van der Waals surface area contributed by atoms with E-state index in [1.807, 2.05) is 11.9 Å². The molecular weight excluding hydrogens is 571 g/mol. The minimum atomic E-state index is -0.921. The molecule has 11 heteroatoms. The molecule has 8 nitrogen and oxygen atoms in total. The molecule has 1 aliphatic carbocycles. The summed E-state index contributed by atoms with van der Waals surface area (Å²) in [7, 11) is 1.91. The first-order valence-corrected chi connectivity index (χ1v) is 14.9. The van der Waals surface area contributed by atoms with Crippen molar-refractivity contribution >= 4 is 27.5 Å². The fraction of sp³-hybridized carbons (Fsp3) is 0.424. The number of fused-ring (bicyclic) bond motifs is 4. The number of phenols is 1. The van der Waals surface area contributed by atoms with Gasteiger partial charge in [0, 0.05) is 55.0 Å². The summed E-state index contributed by atoms with van der Waals surface area (Å²) in [5.74, 6) is 1.96. The topological polar surface area (TPSA) is 83.8 Å². The van der Waals surface area contributed by atoms with E-state index in [1.165, 1.54) is 30.5 Å². The van der Waals surface area contributed by atoms with Crippen molar-refractivity contribution in [3.05, 3.63) is 47.7 Å². The van der Waals surface area contributed by atoms with Gasteiger partial charge in [-0.15, -0.1) is 6.42 Å². The summed E-state index contributed by atoms with van der Waals surface area (Å²) in [6.45, 7) is 2.69. The van der Waals surface area contributed by atoms with Crippen LogP contribution in [0.15, 0.2) is 30.5 Å². The van der Waals surface area contributed by atoms with Gasteiger partial charge in [0.25, 0.3) is 0 Å². The van der Waals surface area contributed by atoms with E-state index in [1.54, 1.807) is 0 Å². The highest BCUT2D eigenvalue weighted by atomic mass is 19.1. The average molecular weight is 602 g/mol. The molecule has 5 heterocycles. The molecule has 3 saturated heterocycles. The van der Waals surface area contributed by atoms with Crippen molar-refractivity contribution in [1.82, 2.24) is 19.9 Å². The minimum Gasteiger partial charge on any atom is -0.508 e. The van der Waals surface area contributed by atoms with Gasteiger partial charge >= 0.3 is 6.01 Å². The fourth-order valence-corrected chi connectivity index (χ4v) is 7.87. The van der Waals surface area contributed by atoms with Gasteiger partial charge in [0.15, 0.2) is 5.82 Å². The maximum atomic E-state index is 16.7. The molecule has 2 aromatic heterocycles. The predicted molar refractivity (Wildman–Crippen MR) is 158 cm³/mol. The monoisotopic (exact) mass is 601 g/mol. The number of phenolic OH excluding ortho intramolecular Hbond substituents is 1. The van der Waals surface area contributed by atoms with Crippen molar-refractivity contribution in [2.75, 3.05) is 44.9 Å². The first-order valence-electron chi connectivity index (χ1n) is 14.9. The lowest BCUT2D eigenvalue weighted by atomic mass is 9.95. The summed E-state index contributed by atoms with van der Waals surface area (Å²) in [6.07, 6.45) is 8.37. The molecular formula is C33H30F3N5O3. The molecule has 0 radical (unpaired) electrons. The molecule has 4 atom stereocenters. The van der Waals surface area contributed by atoms with Gasteiger partial charge in [-0.05, 0) is 43.0 Å². The Hall–Kier alpha value is -4.14. The van der Waals surface area contributed by atoms with Gasteiger partial charge in [0.2, 0.25) is 0 Å². The van der Waals surface area contributed by atoms with Crippen LogP contribution < -0.4 is 9.64 Å². The summed E-state index contributed by atoms with van der Waals surface area (Å²) in [5, 5.41) is 11.6. The van der Waals surface area contributed by atoms with Crippen LogP contribution in [-0.2, 0) is 4.74 Å². The zero-order valence-corrected chi connectivity index (χ0v) is 24.1. The van der Waals surface area contributed by atoms with Crippen LogP contribution in [0.1, 0.15) is 24.8 Å². The largest absolute Gasteiger partial charge is 0.508 e. The highest BCUT2D eigenvalue weighted by molar-refractivity contribution is 6.03. The molecule has 226 valence electrons. The van der Waals surface area contributed by atoms with Crippen LogP contribution >= 0.6 is 0 Å². The van der Waals surface area contributed by atoms with E-state index in [-0.39, 0.29) is 52.1 Å². The molecule has 44 heavy (non-hydrogen) atoms. The van der Waals surface area contributed by atoms with E-state index in [9.17, 15) is 13.9 Å². The van der Waals surface area contributed by atoms with Crippen LogP contribution in [0.25, 0.3) is 32.9 Å². The minimum absolute atomic E-state index is 0.0166. The Morgan fingerprint density at radius 2 is 2.05 bits per heavy atom. The molecule has 4 aliphatic rings. The molecule has 0 bridgehead atoms. The number of aromatic hydroxyl groups is 1. The van der Waals surface area contributed by atoms with Gasteiger partial charge in [-0.1, -0.05) is 12.0 Å². The van der Waals surface area contributed by atoms with E-state index >= 15 is 4.39 Å². The van der Waals surface area contributed by atoms with Crippen molar-refractivity contribution in [2.45, 2.75) is 37.0 Å². The molecule has 4 fully saturated rings. The molecule has 1 saturated carbocycles. The predicted octanol–water partition coefficient (Wildman–Crippen LogP) is 4.85. The molecule has 1 N–H and O–H groups in total. The van der Waals surface area contributed by atoms with Crippen LogP contribution in [-0.4, -0.2) is 82.7 Å². The summed E-state index contributed by atoms with van der Waals surface area (Å²) < 4.78 is 57.7. The van der Waals surface area contributed by atoms with Crippen molar-refractivity contribution in [2.24, 2.45) is 11.8 Å². The third-order valence-corrected chi connectivity index (χ3v) is 10.0. The summed E-state index contributed by atoms with van der Waals surface area (Å²) in [5.41, 5.74) is -0.539. The molecule has 2 unspecified atom stereocenters. The summed E-state index contributed by atoms with van der Waals surface area (Å²) >= 11 is 0. The standard InChI is InChI=1S/C33H30F3N5O3/c1-3-20-25(35)6-5-17-9-19(42)10-21(26(17)20)28-27(36)29-22(12-37-28)31(40(2)30-23-14-43-15-24(23)30)39-32(38-29)44-16-33-7-4-8-41(33)13-18(34)11-33/h1,5-6,9-10,12,18,23-24,30,42H,4,7-8,11,13-16H2,2H3/t18-,23?,24?,30?,33+/m1/s1. The first-order chi connectivity index (χ1) is 21.3. The number of hydrogen-bond donors (Lipinski definition) is 1. The number of alkyl halides is 1. The second kappa shape index (κ2) is 9.94. The third kappa shape index (κ3) is 4.11. The number of pyridine rings is 1. The molecule has 8 rings (SSSR count). The second-order valence-electron chi connectivity index (χ2n) is 12.5. The van der Waals surface area contributed by atoms with E-state index in [2.05, 4.69) is 20.8 Å². The first kappa shape index (κ1) is 27.4. The Bertz CT molecular complexity index is 1870. The Morgan fingerprint density at radius 1 is 1.23 bits per heavy atom. The van der Waals surface area contributed by atoms with Gasteiger partial charge in [0.05, 0.1) is 29.7 Å². The Kier molecular flexibility index (Phi) is 6.19. The van der Waals surface area contributed by atoms with Gasteiger partial charge in [-0.25, -0.2) is 13.2 Å². The number of rotatable bonds is 6. The lowest BCUT2D eigenvalue weighted by Crippen LogP contribution is -2.43. The van der Waals surface area contributed by atoms with Crippen LogP contribution in [0.3, 0.4) is 0 Å². The van der Waals surface area contributed by atoms with Gasteiger partial charge < -0.3 is 19.5 Å². The lowest BCUT2D eigenvalue weighted by molar-refractivity contribution is 0.107. The van der Waals surface area contributed by atoms with Crippen LogP contribution in [0.2, 0.25) is 0 Å². The van der Waals surface area contributed by atoms with Gasteiger partial charge in [0.1, 0.15) is 41.4 Å². The van der Waals surface area contributed by atoms with Crippen LogP contribution in [0.5, 0.6) is 11.8 Å². The quantitative estimate of drug-likeness (QED) is 0.315. The Morgan fingerprint density at radius 3 is 2.84 bits per heavy atom. The van der Waals surface area contributed by atoms with Gasteiger partial charge in [-0.3, -0.25) is 9.88 Å². The van der Waals surface area contributed by atoms with E-state index < -0.39 is 23.3 Å². The zero-order chi connectivity index (χ0) is 30.3. The maximum absolute atomic E-state index is 16.7. The van der Waals surface area contributed by atoms with Crippen molar-refractivity contribution in [1.29, 1.82) is 0 Å².